The average molecular weight is 540 g/mol. The van der Waals surface area contributed by atoms with E-state index in [-0.39, 0.29) is 35.5 Å². The van der Waals surface area contributed by atoms with Crippen molar-refractivity contribution in [1.82, 2.24) is 14.8 Å². The third-order valence-corrected chi connectivity index (χ3v) is 7.35. The van der Waals surface area contributed by atoms with E-state index in [1.807, 2.05) is 4.90 Å². The van der Waals surface area contributed by atoms with E-state index in [0.29, 0.717) is 49.1 Å². The Bertz CT molecular complexity index is 1310. The lowest BCUT2D eigenvalue weighted by atomic mass is 9.87. The first kappa shape index (κ1) is 26.9. The van der Waals surface area contributed by atoms with E-state index in [9.17, 15) is 17.6 Å². The van der Waals surface area contributed by atoms with Gasteiger partial charge in [0.05, 0.1) is 18.2 Å². The van der Waals surface area contributed by atoms with Crippen molar-refractivity contribution in [2.24, 2.45) is 0 Å². The molecule has 38 heavy (non-hydrogen) atoms. The summed E-state index contributed by atoms with van der Waals surface area (Å²) in [6, 6.07) is 2.66. The first-order valence-corrected chi connectivity index (χ1v) is 12.8. The van der Waals surface area contributed by atoms with Gasteiger partial charge in [-0.15, -0.1) is 0 Å². The molecule has 0 bridgehead atoms. The van der Waals surface area contributed by atoms with E-state index >= 15 is 8.78 Å². The van der Waals surface area contributed by atoms with E-state index in [1.54, 1.807) is 11.8 Å². The number of likely N-dealkylation sites (tertiary alicyclic amines) is 1. The number of alkyl halides is 2. The summed E-state index contributed by atoms with van der Waals surface area (Å²) in [4.78, 5) is 6.58. The summed E-state index contributed by atoms with van der Waals surface area (Å²) < 4.78 is 93.2. The number of nitrogens with one attached hydrogen (secondary N) is 1. The van der Waals surface area contributed by atoms with Gasteiger partial charge in [0, 0.05) is 67.1 Å². The monoisotopic (exact) mass is 539 g/mol. The third-order valence-electron chi connectivity index (χ3n) is 7.35. The number of hydrogen-bond donors (Lipinski definition) is 1. The minimum atomic E-state index is -1.69. The van der Waals surface area contributed by atoms with Crippen molar-refractivity contribution in [3.8, 4) is 5.75 Å². The van der Waals surface area contributed by atoms with E-state index < -0.39 is 41.7 Å². The molecule has 1 unspecified atom stereocenters. The molecule has 1 saturated heterocycles. The second-order valence-corrected chi connectivity index (χ2v) is 11.0. The molecule has 2 aliphatic heterocycles. The maximum atomic E-state index is 15.7. The molecule has 0 aliphatic carbocycles. The van der Waals surface area contributed by atoms with Crippen molar-refractivity contribution < 1.29 is 31.1 Å². The van der Waals surface area contributed by atoms with Crippen LogP contribution in [0, 0.1) is 23.3 Å². The topological polar surface area (TPSA) is 31.5 Å². The highest BCUT2D eigenvalue weighted by atomic mass is 19.2. The van der Waals surface area contributed by atoms with Gasteiger partial charge in [-0.2, -0.15) is 0 Å². The number of aromatic nitrogens is 1. The molecule has 4 nitrogen and oxygen atoms in total. The molecule has 2 aliphatic rings. The first-order chi connectivity index (χ1) is 17.9. The van der Waals surface area contributed by atoms with Gasteiger partial charge in [0.25, 0.3) is 0 Å². The van der Waals surface area contributed by atoms with Gasteiger partial charge in [-0.25, -0.2) is 22.0 Å². The summed E-state index contributed by atoms with van der Waals surface area (Å²) in [5.41, 5.74) is -1.12. The molecule has 3 heterocycles. The number of rotatable bonds is 8. The van der Waals surface area contributed by atoms with E-state index in [1.165, 1.54) is 19.9 Å². The van der Waals surface area contributed by atoms with Crippen molar-refractivity contribution >= 4 is 10.9 Å². The highest BCUT2D eigenvalue weighted by Crippen LogP contribution is 2.44. The summed E-state index contributed by atoms with van der Waals surface area (Å²) in [6.07, 6.45) is 0.467. The molecular formula is C28H31F6N3O. The highest BCUT2D eigenvalue weighted by molar-refractivity contribution is 5.86. The Morgan fingerprint density at radius 1 is 1.03 bits per heavy atom. The van der Waals surface area contributed by atoms with Gasteiger partial charge < -0.3 is 9.72 Å². The summed E-state index contributed by atoms with van der Waals surface area (Å²) in [7, 11) is 0. The number of halogens is 6. The number of benzene rings is 2. The maximum absolute atomic E-state index is 15.7. The summed E-state index contributed by atoms with van der Waals surface area (Å²) >= 11 is 0. The van der Waals surface area contributed by atoms with Crippen LogP contribution in [0.1, 0.15) is 50.1 Å². The molecule has 1 N–H and O–H groups in total. The van der Waals surface area contributed by atoms with Crippen LogP contribution in [0.5, 0.6) is 5.75 Å². The van der Waals surface area contributed by atoms with Crippen LogP contribution in [0.25, 0.3) is 10.9 Å². The van der Waals surface area contributed by atoms with Crippen LogP contribution in [-0.4, -0.2) is 65.5 Å². The number of nitrogens with zero attached hydrogens (tertiary/aromatic N) is 2. The molecule has 10 heteroatoms. The molecule has 5 rings (SSSR count). The lowest BCUT2D eigenvalue weighted by molar-refractivity contribution is 0.0179. The lowest BCUT2D eigenvalue weighted by Gasteiger charge is -2.43. The molecule has 206 valence electrons. The zero-order valence-electron chi connectivity index (χ0n) is 21.6. The van der Waals surface area contributed by atoms with Gasteiger partial charge in [0.1, 0.15) is 40.8 Å². The Morgan fingerprint density at radius 3 is 2.34 bits per heavy atom. The fraction of sp³-hybridized carbons (Fsp3) is 0.500. The SMILES string of the molecule is C[C@@H]1Cc2c([nH]c3c(F)cc(F)cc23)C(c2c(F)cc(OC3CN(CCCF)C3)cc2F)N1CC(C)(C)F. The van der Waals surface area contributed by atoms with Gasteiger partial charge in [-0.1, -0.05) is 0 Å². The minimum Gasteiger partial charge on any atom is -0.488 e. The Morgan fingerprint density at radius 2 is 1.71 bits per heavy atom. The molecule has 0 amide bonds. The van der Waals surface area contributed by atoms with Gasteiger partial charge >= 0.3 is 0 Å². The molecule has 3 aromatic rings. The Kier molecular flexibility index (Phi) is 7.15. The maximum Gasteiger partial charge on any atom is 0.150 e. The minimum absolute atomic E-state index is 0.0186. The average Bonchev–Trinajstić information content (AvgIpc) is 3.14. The highest BCUT2D eigenvalue weighted by Gasteiger charge is 2.41. The van der Waals surface area contributed by atoms with Gasteiger partial charge in [-0.05, 0) is 45.2 Å². The van der Waals surface area contributed by atoms with E-state index in [4.69, 9.17) is 4.74 Å². The molecule has 1 aromatic heterocycles. The normalized spacial score (nSPS) is 21.1. The Labute approximate surface area is 217 Å². The van der Waals surface area contributed by atoms with Crippen molar-refractivity contribution in [2.75, 3.05) is 32.9 Å². The third kappa shape index (κ3) is 5.12. The molecule has 0 saturated carbocycles. The van der Waals surface area contributed by atoms with Crippen LogP contribution in [-0.2, 0) is 6.42 Å². The van der Waals surface area contributed by atoms with Crippen molar-refractivity contribution in [2.45, 2.75) is 57.5 Å². The summed E-state index contributed by atoms with van der Waals surface area (Å²) in [6.45, 7) is 5.67. The second kappa shape index (κ2) is 10.1. The summed E-state index contributed by atoms with van der Waals surface area (Å²) in [5, 5.41) is 0.302. The summed E-state index contributed by atoms with van der Waals surface area (Å²) in [5.74, 6) is -3.32. The first-order valence-electron chi connectivity index (χ1n) is 12.8. The van der Waals surface area contributed by atoms with Crippen molar-refractivity contribution in [1.29, 1.82) is 0 Å². The van der Waals surface area contributed by atoms with Crippen LogP contribution >= 0.6 is 0 Å². The number of fused-ring (bicyclic) bond motifs is 3. The molecule has 2 aromatic carbocycles. The van der Waals surface area contributed by atoms with Gasteiger partial charge in [0.15, 0.2) is 0 Å². The van der Waals surface area contributed by atoms with Crippen LogP contribution < -0.4 is 4.74 Å². The number of H-pyrrole nitrogens is 1. The fourth-order valence-electron chi connectivity index (χ4n) is 5.72. The van der Waals surface area contributed by atoms with Crippen molar-refractivity contribution in [3.63, 3.8) is 0 Å². The Balaban J connectivity index is 1.54. The zero-order chi connectivity index (χ0) is 27.4. The predicted octanol–water partition coefficient (Wildman–Crippen LogP) is 6.23. The van der Waals surface area contributed by atoms with Crippen LogP contribution in [0.3, 0.4) is 0 Å². The number of hydrogen-bond acceptors (Lipinski definition) is 3. The molecule has 0 spiro atoms. The van der Waals surface area contributed by atoms with Crippen LogP contribution in [0.2, 0.25) is 0 Å². The fourth-order valence-corrected chi connectivity index (χ4v) is 5.72. The molecule has 0 radical (unpaired) electrons. The molecule has 2 atom stereocenters. The van der Waals surface area contributed by atoms with Crippen molar-refractivity contribution in [3.05, 3.63) is 64.4 Å². The van der Waals surface area contributed by atoms with Crippen LogP contribution in [0.4, 0.5) is 26.3 Å². The quantitative estimate of drug-likeness (QED) is 0.345. The van der Waals surface area contributed by atoms with Gasteiger partial charge in [-0.3, -0.25) is 14.2 Å². The van der Waals surface area contributed by atoms with E-state index in [2.05, 4.69) is 4.98 Å². The zero-order valence-corrected chi connectivity index (χ0v) is 21.6. The second-order valence-electron chi connectivity index (χ2n) is 11.0. The molecule has 1 fully saturated rings. The molecular weight excluding hydrogens is 508 g/mol. The lowest BCUT2D eigenvalue weighted by Crippen LogP contribution is -2.53. The number of ether oxygens (including phenoxy) is 1. The number of aromatic amines is 1. The van der Waals surface area contributed by atoms with E-state index in [0.717, 1.165) is 18.2 Å². The smallest absolute Gasteiger partial charge is 0.150 e. The van der Waals surface area contributed by atoms with Gasteiger partial charge in [0.2, 0.25) is 0 Å². The Hall–Kier alpha value is -2.72. The van der Waals surface area contributed by atoms with Crippen LogP contribution in [0.15, 0.2) is 24.3 Å². The predicted molar refractivity (Wildman–Crippen MR) is 133 cm³/mol. The largest absolute Gasteiger partial charge is 0.488 e. The standard InChI is InChI=1S/C28H31F6N3O/c1-15-7-19-20-8-16(30)9-23(33)25(20)35-26(19)27(37(15)14-28(2,3)34)24-21(31)10-17(11-22(24)32)38-18-12-36(13-18)6-4-5-29/h8-11,15,18,27,35H,4-7,12-14H2,1-3H3/t15-,27?/m1/s1.